The highest BCUT2D eigenvalue weighted by Gasteiger charge is 2.21. The maximum Gasteiger partial charge on any atom is 0.137 e. The van der Waals surface area contributed by atoms with Gasteiger partial charge >= 0.3 is 0 Å². The number of allylic oxidation sites excluding steroid dienone is 4. The molecule has 0 radical (unpaired) electrons. The third-order valence-corrected chi connectivity index (χ3v) is 10.3. The van der Waals surface area contributed by atoms with E-state index in [4.69, 9.17) is 4.98 Å². The van der Waals surface area contributed by atoms with Gasteiger partial charge in [-0.15, -0.1) is 0 Å². The van der Waals surface area contributed by atoms with Crippen LogP contribution in [0, 0.1) is 0 Å². The molecule has 50 heavy (non-hydrogen) atoms. The molecule has 236 valence electrons. The first kappa shape index (κ1) is 28.6. The van der Waals surface area contributed by atoms with Gasteiger partial charge in [0.2, 0.25) is 0 Å². The van der Waals surface area contributed by atoms with Crippen LogP contribution in [0.25, 0.3) is 77.4 Å². The molecule has 0 aliphatic heterocycles. The van der Waals surface area contributed by atoms with Gasteiger partial charge in [0.05, 0.1) is 22.1 Å². The SMILES string of the molecule is C1=C(c2ccccc2)CCC(c2ccc(-n3c4ccccc4c4ccc5c(c6ccccc6n5-c5ccc(-c6ccccc6)cc5)c43)nc2)=C1. The summed E-state index contributed by atoms with van der Waals surface area (Å²) >= 11 is 0. The molecule has 0 atom stereocenters. The molecule has 0 bridgehead atoms. The molecule has 3 nitrogen and oxygen atoms in total. The van der Waals surface area contributed by atoms with Crippen molar-refractivity contribution in [1.82, 2.24) is 14.1 Å². The molecule has 0 unspecified atom stereocenters. The van der Waals surface area contributed by atoms with Crippen LogP contribution in [0.3, 0.4) is 0 Å². The Morgan fingerprint density at radius 3 is 1.66 bits per heavy atom. The van der Waals surface area contributed by atoms with Crippen LogP contribution in [0.15, 0.2) is 176 Å². The smallest absolute Gasteiger partial charge is 0.137 e. The first-order valence-electron chi connectivity index (χ1n) is 17.3. The Kier molecular flexibility index (Phi) is 6.63. The lowest BCUT2D eigenvalue weighted by Gasteiger charge is -2.16. The van der Waals surface area contributed by atoms with Crippen molar-refractivity contribution in [3.8, 4) is 22.6 Å². The van der Waals surface area contributed by atoms with Crippen molar-refractivity contribution >= 4 is 54.8 Å². The zero-order chi connectivity index (χ0) is 33.0. The third-order valence-electron chi connectivity index (χ3n) is 10.3. The Morgan fingerprint density at radius 2 is 0.980 bits per heavy atom. The van der Waals surface area contributed by atoms with Crippen LogP contribution >= 0.6 is 0 Å². The van der Waals surface area contributed by atoms with E-state index in [9.17, 15) is 0 Å². The number of hydrogen-bond donors (Lipinski definition) is 0. The lowest BCUT2D eigenvalue weighted by molar-refractivity contribution is 1.05. The minimum absolute atomic E-state index is 0.924. The summed E-state index contributed by atoms with van der Waals surface area (Å²) in [5, 5.41) is 4.93. The number of rotatable bonds is 5. The highest BCUT2D eigenvalue weighted by molar-refractivity contribution is 6.26. The third kappa shape index (κ3) is 4.55. The van der Waals surface area contributed by atoms with E-state index in [1.54, 1.807) is 0 Å². The summed E-state index contributed by atoms with van der Waals surface area (Å²) in [6.07, 6.45) is 8.64. The lowest BCUT2D eigenvalue weighted by atomic mass is 9.90. The zero-order valence-electron chi connectivity index (χ0n) is 27.5. The summed E-state index contributed by atoms with van der Waals surface area (Å²) in [4.78, 5) is 5.16. The van der Waals surface area contributed by atoms with Gasteiger partial charge in [0.15, 0.2) is 0 Å². The fourth-order valence-electron chi connectivity index (χ4n) is 7.94. The van der Waals surface area contributed by atoms with E-state index < -0.39 is 0 Å². The topological polar surface area (TPSA) is 22.8 Å². The molecule has 0 saturated carbocycles. The van der Waals surface area contributed by atoms with Gasteiger partial charge in [0.25, 0.3) is 0 Å². The molecule has 10 rings (SSSR count). The maximum absolute atomic E-state index is 5.16. The number of aromatic nitrogens is 3. The maximum atomic E-state index is 5.16. The van der Waals surface area contributed by atoms with Gasteiger partial charge in [0.1, 0.15) is 5.82 Å². The highest BCUT2D eigenvalue weighted by atomic mass is 15.1. The molecule has 0 spiro atoms. The van der Waals surface area contributed by atoms with Crippen molar-refractivity contribution < 1.29 is 0 Å². The van der Waals surface area contributed by atoms with E-state index in [1.165, 1.54) is 71.5 Å². The molecule has 6 aromatic carbocycles. The Morgan fingerprint density at radius 1 is 0.400 bits per heavy atom. The van der Waals surface area contributed by atoms with E-state index >= 15 is 0 Å². The fourth-order valence-corrected chi connectivity index (χ4v) is 7.94. The molecule has 0 fully saturated rings. The molecular weight excluding hydrogens is 607 g/mol. The normalized spacial score (nSPS) is 13.3. The van der Waals surface area contributed by atoms with Crippen molar-refractivity contribution in [2.45, 2.75) is 12.8 Å². The Hall–Kier alpha value is -6.45. The van der Waals surface area contributed by atoms with E-state index in [0.717, 1.165) is 29.9 Å². The quantitative estimate of drug-likeness (QED) is 0.184. The molecule has 0 N–H and O–H groups in total. The van der Waals surface area contributed by atoms with Crippen molar-refractivity contribution in [2.24, 2.45) is 0 Å². The van der Waals surface area contributed by atoms with Gasteiger partial charge in [-0.05, 0) is 88.7 Å². The summed E-state index contributed by atoms with van der Waals surface area (Å²) in [5.41, 5.74) is 13.5. The second kappa shape index (κ2) is 11.6. The van der Waals surface area contributed by atoms with Crippen LogP contribution in [0.2, 0.25) is 0 Å². The van der Waals surface area contributed by atoms with Gasteiger partial charge in [-0.1, -0.05) is 127 Å². The summed E-state index contributed by atoms with van der Waals surface area (Å²) in [6.45, 7) is 0. The molecule has 0 amide bonds. The predicted octanol–water partition coefficient (Wildman–Crippen LogP) is 12.2. The minimum atomic E-state index is 0.924. The number of hydrogen-bond acceptors (Lipinski definition) is 1. The molecular formula is C47H33N3. The van der Waals surface area contributed by atoms with Crippen LogP contribution in [0.1, 0.15) is 24.0 Å². The summed E-state index contributed by atoms with van der Waals surface area (Å²) in [5.74, 6) is 0.924. The first-order valence-corrected chi connectivity index (χ1v) is 17.3. The van der Waals surface area contributed by atoms with E-state index in [-0.39, 0.29) is 0 Å². The Balaban J connectivity index is 1.14. The number of benzene rings is 6. The molecule has 1 aliphatic carbocycles. The first-order chi connectivity index (χ1) is 24.8. The molecule has 0 saturated heterocycles. The van der Waals surface area contributed by atoms with Crippen molar-refractivity contribution in [3.05, 3.63) is 187 Å². The standard InChI is InChI=1S/C47H33N3/c1-3-11-32(12-4-1)34-19-21-36(22-20-34)37-25-30-45(48-31-37)50-42-17-9-7-15-39(42)40-28-29-44-46(47(40)50)41-16-8-10-18-43(41)49(44)38-26-23-35(24-27-38)33-13-5-2-6-14-33/h1-19,21,23-31H,20,22H2. The molecule has 3 heterocycles. The van der Waals surface area contributed by atoms with Crippen molar-refractivity contribution in [3.63, 3.8) is 0 Å². The highest BCUT2D eigenvalue weighted by Crippen LogP contribution is 2.42. The monoisotopic (exact) mass is 639 g/mol. The predicted molar refractivity (Wildman–Crippen MR) is 210 cm³/mol. The van der Waals surface area contributed by atoms with E-state index in [2.05, 4.69) is 185 Å². The average molecular weight is 640 g/mol. The molecule has 9 aromatic rings. The number of pyridine rings is 1. The summed E-state index contributed by atoms with van der Waals surface area (Å²) in [7, 11) is 0. The summed E-state index contributed by atoms with van der Waals surface area (Å²) in [6, 6.07) is 56.7. The van der Waals surface area contributed by atoms with Crippen LogP contribution in [0.4, 0.5) is 0 Å². The van der Waals surface area contributed by atoms with Crippen molar-refractivity contribution in [1.29, 1.82) is 0 Å². The Bertz CT molecular complexity index is 2760. The molecule has 1 aliphatic rings. The fraction of sp³-hybridized carbons (Fsp3) is 0.0426. The lowest BCUT2D eigenvalue weighted by Crippen LogP contribution is -2.00. The number of para-hydroxylation sites is 2. The zero-order valence-corrected chi connectivity index (χ0v) is 27.5. The van der Waals surface area contributed by atoms with Gasteiger partial charge in [-0.2, -0.15) is 0 Å². The average Bonchev–Trinajstić information content (AvgIpc) is 3.72. The van der Waals surface area contributed by atoms with Gasteiger partial charge in [0, 0.05) is 33.4 Å². The van der Waals surface area contributed by atoms with Crippen LogP contribution in [0.5, 0.6) is 0 Å². The molecule has 3 heteroatoms. The molecule has 3 aromatic heterocycles. The van der Waals surface area contributed by atoms with Crippen LogP contribution in [-0.4, -0.2) is 14.1 Å². The Labute approximate surface area is 290 Å². The second-order valence-corrected chi connectivity index (χ2v) is 13.1. The van der Waals surface area contributed by atoms with Gasteiger partial charge < -0.3 is 4.57 Å². The van der Waals surface area contributed by atoms with Gasteiger partial charge in [-0.3, -0.25) is 4.57 Å². The number of fused-ring (bicyclic) bond motifs is 7. The largest absolute Gasteiger partial charge is 0.309 e. The second-order valence-electron chi connectivity index (χ2n) is 13.1. The van der Waals surface area contributed by atoms with E-state index in [0.29, 0.717) is 0 Å². The van der Waals surface area contributed by atoms with E-state index in [1.807, 2.05) is 0 Å². The summed E-state index contributed by atoms with van der Waals surface area (Å²) < 4.78 is 4.78. The van der Waals surface area contributed by atoms with Crippen LogP contribution in [-0.2, 0) is 0 Å². The number of nitrogens with zero attached hydrogens (tertiary/aromatic N) is 3. The van der Waals surface area contributed by atoms with Crippen LogP contribution < -0.4 is 0 Å². The van der Waals surface area contributed by atoms with Gasteiger partial charge in [-0.25, -0.2) is 4.98 Å². The van der Waals surface area contributed by atoms with Crippen molar-refractivity contribution in [2.75, 3.05) is 0 Å². The minimum Gasteiger partial charge on any atom is -0.309 e.